The molecular weight excluding hydrogens is 380 g/mol. The third kappa shape index (κ3) is 4.24. The molecule has 0 aliphatic carbocycles. The molecule has 0 saturated carbocycles. The number of anilines is 1. The van der Waals surface area contributed by atoms with E-state index in [0.29, 0.717) is 5.75 Å². The minimum Gasteiger partial charge on any atom is -0.489 e. The van der Waals surface area contributed by atoms with E-state index in [-0.39, 0.29) is 23.4 Å². The first-order valence-corrected chi connectivity index (χ1v) is 9.95. The van der Waals surface area contributed by atoms with Crippen molar-refractivity contribution in [1.29, 1.82) is 0 Å². The number of nitrogens with zero attached hydrogens (tertiary/aromatic N) is 3. The summed E-state index contributed by atoms with van der Waals surface area (Å²) in [6.07, 6.45) is 0. The van der Waals surface area contributed by atoms with E-state index in [4.69, 9.17) is 21.3 Å². The highest BCUT2D eigenvalue weighted by Gasteiger charge is 2.32. The smallest absolute Gasteiger partial charge is 0.238 e. The summed E-state index contributed by atoms with van der Waals surface area (Å²) in [4.78, 5) is 10.2. The van der Waals surface area contributed by atoms with Gasteiger partial charge in [0.05, 0.1) is 4.90 Å². The van der Waals surface area contributed by atoms with E-state index in [2.05, 4.69) is 9.98 Å². The highest BCUT2D eigenvalue weighted by Crippen LogP contribution is 2.29. The molecule has 6 N–H and O–H groups in total. The first kappa shape index (κ1) is 19.6. The molecule has 0 amide bonds. The molecule has 9 nitrogen and oxygen atoms in total. The predicted molar refractivity (Wildman–Crippen MR) is 108 cm³/mol. The Bertz CT molecular complexity index is 1030. The number of rotatable bonds is 5. The highest BCUT2D eigenvalue weighted by atomic mass is 32.2. The molecule has 10 heteroatoms. The van der Waals surface area contributed by atoms with Crippen molar-refractivity contribution >= 4 is 27.6 Å². The van der Waals surface area contributed by atoms with Crippen molar-refractivity contribution in [1.82, 2.24) is 0 Å². The summed E-state index contributed by atoms with van der Waals surface area (Å²) in [5.74, 6) is 1.06. The minimum absolute atomic E-state index is 0.0623. The Hall–Kier alpha value is -3.11. The fraction of sp³-hybridized carbons (Fsp3) is 0.222. The zero-order valence-corrected chi connectivity index (χ0v) is 16.3. The Kier molecular flexibility index (Phi) is 5.01. The number of primary sulfonamides is 1. The molecule has 0 bridgehead atoms. The van der Waals surface area contributed by atoms with Gasteiger partial charge in [0.15, 0.2) is 0 Å². The third-order valence-corrected chi connectivity index (χ3v) is 5.08. The molecule has 2 aromatic carbocycles. The number of hydrogen-bond donors (Lipinski definition) is 3. The van der Waals surface area contributed by atoms with Crippen LogP contribution >= 0.6 is 0 Å². The second-order valence-electron chi connectivity index (χ2n) is 6.74. The normalized spacial score (nSPS) is 16.3. The highest BCUT2D eigenvalue weighted by molar-refractivity contribution is 7.89. The lowest BCUT2D eigenvalue weighted by molar-refractivity contribution is 0.306. The fourth-order valence-corrected chi connectivity index (χ4v) is 3.40. The van der Waals surface area contributed by atoms with E-state index in [0.717, 1.165) is 11.3 Å². The molecule has 2 aromatic rings. The van der Waals surface area contributed by atoms with Crippen LogP contribution in [0.4, 0.5) is 5.69 Å². The van der Waals surface area contributed by atoms with Crippen molar-refractivity contribution in [3.05, 3.63) is 54.1 Å². The minimum atomic E-state index is -3.70. The van der Waals surface area contributed by atoms with Gasteiger partial charge in [-0.15, -0.1) is 0 Å². The Morgan fingerprint density at radius 1 is 1.04 bits per heavy atom. The monoisotopic (exact) mass is 402 g/mol. The van der Waals surface area contributed by atoms with Crippen molar-refractivity contribution < 1.29 is 13.2 Å². The van der Waals surface area contributed by atoms with Crippen LogP contribution in [0.1, 0.15) is 19.4 Å². The zero-order chi connectivity index (χ0) is 20.5. The van der Waals surface area contributed by atoms with E-state index < -0.39 is 15.7 Å². The van der Waals surface area contributed by atoms with Crippen molar-refractivity contribution in [3.63, 3.8) is 0 Å². The molecule has 28 heavy (non-hydrogen) atoms. The molecule has 0 fully saturated rings. The van der Waals surface area contributed by atoms with E-state index in [9.17, 15) is 8.42 Å². The van der Waals surface area contributed by atoms with Gasteiger partial charge in [-0.25, -0.2) is 18.5 Å². The summed E-state index contributed by atoms with van der Waals surface area (Å²) >= 11 is 0. The lowest BCUT2D eigenvalue weighted by Gasteiger charge is -2.38. The van der Waals surface area contributed by atoms with Crippen LogP contribution in [0.5, 0.6) is 5.75 Å². The summed E-state index contributed by atoms with van der Waals surface area (Å²) in [7, 11) is -3.70. The van der Waals surface area contributed by atoms with Gasteiger partial charge in [-0.05, 0) is 55.8 Å². The molecule has 1 heterocycles. The fourth-order valence-electron chi connectivity index (χ4n) is 2.88. The molecular formula is C18H22N6O3S. The summed E-state index contributed by atoms with van der Waals surface area (Å²) in [5.41, 5.74) is 12.7. The Morgan fingerprint density at radius 3 is 2.18 bits per heavy atom. The Balaban J connectivity index is 1.69. The van der Waals surface area contributed by atoms with Crippen molar-refractivity contribution in [3.8, 4) is 5.75 Å². The van der Waals surface area contributed by atoms with Gasteiger partial charge in [-0.2, -0.15) is 4.99 Å². The first-order valence-electron chi connectivity index (χ1n) is 8.40. The zero-order valence-electron chi connectivity index (χ0n) is 15.5. The summed E-state index contributed by atoms with van der Waals surface area (Å²) in [5, 5.41) is 5.09. The average molecular weight is 402 g/mol. The molecule has 1 aliphatic heterocycles. The number of sulfonamides is 1. The number of aliphatic imine (C=N–C) groups is 2. The lowest BCUT2D eigenvalue weighted by atomic mass is 10.1. The van der Waals surface area contributed by atoms with E-state index in [1.165, 1.54) is 12.1 Å². The van der Waals surface area contributed by atoms with Crippen LogP contribution in [0.3, 0.4) is 0 Å². The second kappa shape index (κ2) is 7.13. The van der Waals surface area contributed by atoms with Crippen LogP contribution < -0.4 is 26.2 Å². The van der Waals surface area contributed by atoms with Crippen molar-refractivity contribution in [2.75, 3.05) is 4.90 Å². The third-order valence-electron chi connectivity index (χ3n) is 4.15. The van der Waals surface area contributed by atoms with Crippen LogP contribution in [0.15, 0.2) is 63.4 Å². The quantitative estimate of drug-likeness (QED) is 0.681. The molecule has 0 unspecified atom stereocenters. The molecule has 0 saturated heterocycles. The van der Waals surface area contributed by atoms with E-state index >= 15 is 0 Å². The maximum absolute atomic E-state index is 11.3. The maximum Gasteiger partial charge on any atom is 0.238 e. The van der Waals surface area contributed by atoms with Gasteiger partial charge in [0.1, 0.15) is 18.0 Å². The van der Waals surface area contributed by atoms with Crippen molar-refractivity contribution in [2.24, 2.45) is 26.6 Å². The van der Waals surface area contributed by atoms with Gasteiger partial charge in [-0.1, -0.05) is 12.1 Å². The number of ether oxygens (including phenoxy) is 1. The maximum atomic E-state index is 11.3. The topological polar surface area (TPSA) is 149 Å². The Morgan fingerprint density at radius 2 is 1.64 bits per heavy atom. The summed E-state index contributed by atoms with van der Waals surface area (Å²) in [6.45, 7) is 4.05. The van der Waals surface area contributed by atoms with Gasteiger partial charge in [-0.3, -0.25) is 4.90 Å². The molecule has 1 aliphatic rings. The molecule has 0 spiro atoms. The van der Waals surface area contributed by atoms with Crippen LogP contribution in [-0.2, 0) is 16.6 Å². The van der Waals surface area contributed by atoms with Gasteiger partial charge in [0.2, 0.25) is 21.9 Å². The molecule has 0 aromatic heterocycles. The SMILES string of the molecule is CC1(C)N=C(N)N=C(N)N1c1ccc(OCc2ccc(S(N)(=O)=O)cc2)cc1. The van der Waals surface area contributed by atoms with E-state index in [1.54, 1.807) is 29.2 Å². The van der Waals surface area contributed by atoms with Gasteiger partial charge < -0.3 is 16.2 Å². The number of guanidine groups is 2. The van der Waals surface area contributed by atoms with Crippen LogP contribution in [0.2, 0.25) is 0 Å². The summed E-state index contributed by atoms with van der Waals surface area (Å²) in [6, 6.07) is 13.5. The lowest BCUT2D eigenvalue weighted by Crippen LogP contribution is -2.54. The van der Waals surface area contributed by atoms with Crippen molar-refractivity contribution in [2.45, 2.75) is 31.0 Å². The molecule has 3 rings (SSSR count). The largest absolute Gasteiger partial charge is 0.489 e. The second-order valence-corrected chi connectivity index (χ2v) is 8.30. The Labute approximate surface area is 163 Å². The standard InChI is InChI=1S/C18H22N6O3S/c1-18(2)23-16(19)22-17(20)24(18)13-5-7-14(8-6-13)27-11-12-3-9-15(10-4-12)28(21,25)26/h3-10H,11H2,1-2H3,(H2,21,25,26)(H4,19,20,22,23). The number of benzene rings is 2. The van der Waals surface area contributed by atoms with Gasteiger partial charge >= 0.3 is 0 Å². The molecule has 148 valence electrons. The predicted octanol–water partition coefficient (Wildman–Crippen LogP) is 1.10. The first-order chi connectivity index (χ1) is 13.1. The van der Waals surface area contributed by atoms with E-state index in [1.807, 2.05) is 26.0 Å². The van der Waals surface area contributed by atoms with Gasteiger partial charge in [0.25, 0.3) is 0 Å². The molecule has 0 radical (unpaired) electrons. The van der Waals surface area contributed by atoms with Crippen LogP contribution in [0.25, 0.3) is 0 Å². The average Bonchev–Trinajstić information content (AvgIpc) is 2.59. The molecule has 0 atom stereocenters. The summed E-state index contributed by atoms with van der Waals surface area (Å²) < 4.78 is 28.3. The van der Waals surface area contributed by atoms with Gasteiger partial charge in [0, 0.05) is 5.69 Å². The van der Waals surface area contributed by atoms with Crippen LogP contribution in [0, 0.1) is 0 Å². The number of hydrogen-bond acceptors (Lipinski definition) is 8. The van der Waals surface area contributed by atoms with Crippen LogP contribution in [-0.4, -0.2) is 26.0 Å². The number of nitrogens with two attached hydrogens (primary N) is 3.